The molecule has 4 aromatic rings. The zero-order valence-electron chi connectivity index (χ0n) is 18.2. The molecule has 0 aliphatic heterocycles. The molecular weight excluding hydrogens is 368 g/mol. The smallest absolute Gasteiger partial charge is 0.249 e. The molecule has 3 aromatic carbocycles. The Hall–Kier alpha value is -3.07. The first-order chi connectivity index (χ1) is 14.5. The maximum absolute atomic E-state index is 12.2. The number of nitrogens with zero attached hydrogens (tertiary/aromatic N) is 1. The Morgan fingerprint density at radius 3 is 2.53 bits per heavy atom. The van der Waals surface area contributed by atoms with E-state index in [0.29, 0.717) is 5.56 Å². The Balaban J connectivity index is 1.94. The number of benzene rings is 3. The van der Waals surface area contributed by atoms with Crippen LogP contribution in [0.3, 0.4) is 0 Å². The predicted octanol–water partition coefficient (Wildman–Crippen LogP) is 6.29. The molecule has 0 saturated heterocycles. The van der Waals surface area contributed by atoms with Gasteiger partial charge in [-0.1, -0.05) is 56.2 Å². The molecule has 4 rings (SSSR count). The molecule has 30 heavy (non-hydrogen) atoms. The van der Waals surface area contributed by atoms with Gasteiger partial charge >= 0.3 is 0 Å². The van der Waals surface area contributed by atoms with E-state index in [-0.39, 0.29) is 5.91 Å². The summed E-state index contributed by atoms with van der Waals surface area (Å²) in [6, 6.07) is 19.0. The van der Waals surface area contributed by atoms with Crippen molar-refractivity contribution < 1.29 is 4.79 Å². The van der Waals surface area contributed by atoms with Crippen molar-refractivity contribution in [2.24, 2.45) is 5.73 Å². The fourth-order valence-corrected chi connectivity index (χ4v) is 4.45. The summed E-state index contributed by atoms with van der Waals surface area (Å²) in [6.07, 6.45) is 4.75. The average molecular weight is 399 g/mol. The summed E-state index contributed by atoms with van der Waals surface area (Å²) < 4.78 is 2.35. The number of primary amides is 1. The lowest BCUT2D eigenvalue weighted by Crippen LogP contribution is -2.11. The van der Waals surface area contributed by atoms with Gasteiger partial charge in [0.2, 0.25) is 5.91 Å². The van der Waals surface area contributed by atoms with Crippen LogP contribution in [0.4, 0.5) is 0 Å². The summed E-state index contributed by atoms with van der Waals surface area (Å²) in [4.78, 5) is 12.2. The summed E-state index contributed by atoms with van der Waals surface area (Å²) in [6.45, 7) is 7.34. The highest BCUT2D eigenvalue weighted by molar-refractivity contribution is 6.18. The molecule has 0 unspecified atom stereocenters. The summed E-state index contributed by atoms with van der Waals surface area (Å²) >= 11 is 0. The summed E-state index contributed by atoms with van der Waals surface area (Å²) in [7, 11) is 0. The summed E-state index contributed by atoms with van der Waals surface area (Å²) in [5.41, 5.74) is 13.8. The first kappa shape index (κ1) is 20.2. The van der Waals surface area contributed by atoms with Crippen molar-refractivity contribution in [2.75, 3.05) is 0 Å². The van der Waals surface area contributed by atoms with Crippen molar-refractivity contribution in [1.82, 2.24) is 4.57 Å². The van der Waals surface area contributed by atoms with Crippen molar-refractivity contribution in [2.45, 2.75) is 53.0 Å². The molecule has 3 nitrogen and oxygen atoms in total. The highest BCUT2D eigenvalue weighted by Crippen LogP contribution is 2.33. The molecule has 0 saturated carbocycles. The van der Waals surface area contributed by atoms with E-state index >= 15 is 0 Å². The van der Waals surface area contributed by atoms with Crippen LogP contribution >= 0.6 is 0 Å². The van der Waals surface area contributed by atoms with E-state index in [4.69, 9.17) is 5.73 Å². The van der Waals surface area contributed by atoms with Gasteiger partial charge in [-0.05, 0) is 67.1 Å². The van der Waals surface area contributed by atoms with Gasteiger partial charge in [0.05, 0.1) is 5.52 Å². The van der Waals surface area contributed by atoms with E-state index in [0.717, 1.165) is 29.3 Å². The average Bonchev–Trinajstić information content (AvgIpc) is 3.04. The highest BCUT2D eigenvalue weighted by Gasteiger charge is 2.17. The third-order valence-corrected chi connectivity index (χ3v) is 6.34. The second-order valence-corrected chi connectivity index (χ2v) is 8.32. The van der Waals surface area contributed by atoms with Crippen LogP contribution in [0, 0.1) is 13.8 Å². The van der Waals surface area contributed by atoms with Gasteiger partial charge in [0, 0.05) is 28.4 Å². The molecule has 3 heteroatoms. The number of nitrogens with two attached hydrogens (primary N) is 1. The minimum atomic E-state index is -0.376. The Kier molecular flexibility index (Phi) is 5.63. The van der Waals surface area contributed by atoms with Crippen molar-refractivity contribution >= 4 is 27.7 Å². The largest absolute Gasteiger partial charge is 0.366 e. The molecule has 0 aliphatic rings. The van der Waals surface area contributed by atoms with Crippen LogP contribution < -0.4 is 5.73 Å². The number of fused-ring (bicyclic) bond motifs is 3. The third kappa shape index (κ3) is 3.60. The molecule has 0 fully saturated rings. The Morgan fingerprint density at radius 2 is 1.77 bits per heavy atom. The topological polar surface area (TPSA) is 48.0 Å². The van der Waals surface area contributed by atoms with Gasteiger partial charge in [-0.15, -0.1) is 0 Å². The first-order valence-electron chi connectivity index (χ1n) is 10.9. The standard InChI is InChI=1S/C27H30N2O/c1-4-5-6-10-20-14-15-22-25(16-20)29(17-21-11-7-9-18(2)19(21)3)24-13-8-12-23(26(22)24)27(28)30/h7-9,11-16H,4-6,10,17H2,1-3H3,(H2,28,30). The van der Waals surface area contributed by atoms with Crippen LogP contribution in [0.1, 0.15) is 58.8 Å². The molecule has 0 spiro atoms. The molecule has 0 radical (unpaired) electrons. The number of rotatable bonds is 7. The maximum atomic E-state index is 12.2. The van der Waals surface area contributed by atoms with Crippen molar-refractivity contribution in [3.8, 4) is 0 Å². The summed E-state index contributed by atoms with van der Waals surface area (Å²) in [5, 5.41) is 2.06. The van der Waals surface area contributed by atoms with Crippen LogP contribution in [-0.2, 0) is 13.0 Å². The normalized spacial score (nSPS) is 11.4. The van der Waals surface area contributed by atoms with Crippen molar-refractivity contribution in [3.05, 3.63) is 82.4 Å². The second kappa shape index (κ2) is 8.35. The predicted molar refractivity (Wildman–Crippen MR) is 126 cm³/mol. The van der Waals surface area contributed by atoms with Crippen molar-refractivity contribution in [3.63, 3.8) is 0 Å². The number of aromatic nitrogens is 1. The Bertz CT molecular complexity index is 1230. The number of hydrogen-bond donors (Lipinski definition) is 1. The minimum Gasteiger partial charge on any atom is -0.366 e. The number of unbranched alkanes of at least 4 members (excludes halogenated alkanes) is 2. The van der Waals surface area contributed by atoms with Gasteiger partial charge in [-0.3, -0.25) is 4.79 Å². The molecule has 1 amide bonds. The first-order valence-corrected chi connectivity index (χ1v) is 10.9. The van der Waals surface area contributed by atoms with Gasteiger partial charge in [0.1, 0.15) is 0 Å². The Morgan fingerprint density at radius 1 is 0.967 bits per heavy atom. The van der Waals surface area contributed by atoms with E-state index in [9.17, 15) is 4.79 Å². The molecule has 154 valence electrons. The highest BCUT2D eigenvalue weighted by atomic mass is 16.1. The van der Waals surface area contributed by atoms with Gasteiger partial charge in [-0.2, -0.15) is 0 Å². The molecule has 0 bridgehead atoms. The van der Waals surface area contributed by atoms with Gasteiger partial charge in [-0.25, -0.2) is 0 Å². The molecule has 1 heterocycles. The number of carbonyl (C=O) groups excluding carboxylic acids is 1. The second-order valence-electron chi connectivity index (χ2n) is 8.32. The third-order valence-electron chi connectivity index (χ3n) is 6.34. The SMILES string of the molecule is CCCCCc1ccc2c3c(C(N)=O)cccc3n(Cc3cccc(C)c3C)c2c1. The number of amides is 1. The molecule has 0 atom stereocenters. The zero-order valence-corrected chi connectivity index (χ0v) is 18.2. The van der Waals surface area contributed by atoms with E-state index in [2.05, 4.69) is 67.8 Å². The minimum absolute atomic E-state index is 0.376. The zero-order chi connectivity index (χ0) is 21.3. The van der Waals surface area contributed by atoms with E-state index in [1.807, 2.05) is 12.1 Å². The van der Waals surface area contributed by atoms with E-state index < -0.39 is 0 Å². The molecular formula is C27H30N2O. The van der Waals surface area contributed by atoms with Crippen LogP contribution in [0.25, 0.3) is 21.8 Å². The maximum Gasteiger partial charge on any atom is 0.249 e. The van der Waals surface area contributed by atoms with E-state index in [1.165, 1.54) is 47.0 Å². The fourth-order valence-electron chi connectivity index (χ4n) is 4.45. The van der Waals surface area contributed by atoms with Gasteiger partial charge in [0.25, 0.3) is 0 Å². The van der Waals surface area contributed by atoms with Crippen LogP contribution in [0.5, 0.6) is 0 Å². The van der Waals surface area contributed by atoms with Crippen LogP contribution in [0.2, 0.25) is 0 Å². The quantitative estimate of drug-likeness (QED) is 0.365. The lowest BCUT2D eigenvalue weighted by atomic mass is 10.0. The fraction of sp³-hybridized carbons (Fsp3) is 0.296. The molecule has 0 aliphatic carbocycles. The van der Waals surface area contributed by atoms with Gasteiger partial charge < -0.3 is 10.3 Å². The summed E-state index contributed by atoms with van der Waals surface area (Å²) in [5.74, 6) is -0.376. The van der Waals surface area contributed by atoms with E-state index in [1.54, 1.807) is 0 Å². The molecule has 2 N–H and O–H groups in total. The van der Waals surface area contributed by atoms with Crippen LogP contribution in [-0.4, -0.2) is 10.5 Å². The lowest BCUT2D eigenvalue weighted by Gasteiger charge is -2.13. The molecule has 1 aromatic heterocycles. The monoisotopic (exact) mass is 398 g/mol. The Labute approximate surface area is 178 Å². The number of aryl methyl sites for hydroxylation is 2. The van der Waals surface area contributed by atoms with Gasteiger partial charge in [0.15, 0.2) is 0 Å². The number of carbonyl (C=O) groups is 1. The number of hydrogen-bond acceptors (Lipinski definition) is 1. The van der Waals surface area contributed by atoms with Crippen LogP contribution in [0.15, 0.2) is 54.6 Å². The lowest BCUT2D eigenvalue weighted by molar-refractivity contribution is 0.100. The van der Waals surface area contributed by atoms with Crippen molar-refractivity contribution in [1.29, 1.82) is 0 Å².